The number of anilines is 2. The van der Waals surface area contributed by atoms with Crippen molar-refractivity contribution in [2.75, 3.05) is 24.2 Å². The number of carbonyl (C=O) groups is 2. The maximum Gasteiger partial charge on any atom is 0.417 e. The van der Waals surface area contributed by atoms with E-state index in [9.17, 15) is 22.8 Å². The third-order valence-corrected chi connectivity index (χ3v) is 8.61. The lowest BCUT2D eigenvalue weighted by Gasteiger charge is -2.38. The van der Waals surface area contributed by atoms with E-state index in [2.05, 4.69) is 40.0 Å². The lowest BCUT2D eigenvalue weighted by atomic mass is 9.90. The van der Waals surface area contributed by atoms with Crippen LogP contribution in [0.1, 0.15) is 36.9 Å². The van der Waals surface area contributed by atoms with Crippen LogP contribution in [-0.4, -0.2) is 57.7 Å². The number of aromatic nitrogens is 4. The standard InChI is InChI=1S/C26H34F3N7O3Si/c1-16-5-6-21(17-9-18(11-31-10-17)26(27,28)29)35(14-16)25(38)24(37)34-20-13-32-23(30)19-12-33-36(22(19)20)15-39-7-8-40(2,3)4/h9-13,16,21H,5-8,14-15H2,1-4H3,(H2,30,32)(H,34,37). The van der Waals surface area contributed by atoms with Crippen LogP contribution in [0.3, 0.4) is 0 Å². The summed E-state index contributed by atoms with van der Waals surface area (Å²) < 4.78 is 47.3. The SMILES string of the molecule is CC1CCC(c2cncc(C(F)(F)F)c2)N(C(=O)C(=O)Nc2cnc(N)c3cnn(COCC[Si](C)(C)C)c23)C1. The summed E-state index contributed by atoms with van der Waals surface area (Å²) in [6.45, 7) is 9.53. The third-order valence-electron chi connectivity index (χ3n) is 6.91. The molecule has 0 spiro atoms. The summed E-state index contributed by atoms with van der Waals surface area (Å²) in [5.74, 6) is -1.54. The van der Waals surface area contributed by atoms with Crippen molar-refractivity contribution < 1.29 is 27.5 Å². The molecule has 0 bridgehead atoms. The number of fused-ring (bicyclic) bond motifs is 1. The van der Waals surface area contributed by atoms with Gasteiger partial charge in [-0.2, -0.15) is 18.3 Å². The first-order valence-electron chi connectivity index (χ1n) is 13.1. The zero-order valence-corrected chi connectivity index (χ0v) is 24.0. The number of alkyl halides is 3. The summed E-state index contributed by atoms with van der Waals surface area (Å²) in [6.07, 6.45) is 1.42. The van der Waals surface area contributed by atoms with E-state index in [0.29, 0.717) is 30.4 Å². The first-order valence-corrected chi connectivity index (χ1v) is 16.8. The number of nitrogens with one attached hydrogen (secondary N) is 1. The molecule has 0 aromatic carbocycles. The summed E-state index contributed by atoms with van der Waals surface area (Å²) in [4.78, 5) is 35.8. The van der Waals surface area contributed by atoms with Crippen LogP contribution in [0.15, 0.2) is 30.9 Å². The van der Waals surface area contributed by atoms with Crippen LogP contribution < -0.4 is 11.1 Å². The number of hydrogen-bond donors (Lipinski definition) is 2. The molecule has 0 saturated carbocycles. The Bertz CT molecular complexity index is 1390. The average Bonchev–Trinajstić information content (AvgIpc) is 3.32. The highest BCUT2D eigenvalue weighted by Gasteiger charge is 2.37. The second-order valence-electron chi connectivity index (χ2n) is 11.4. The van der Waals surface area contributed by atoms with Crippen LogP contribution in [0.4, 0.5) is 24.7 Å². The average molecular weight is 578 g/mol. The van der Waals surface area contributed by atoms with E-state index in [4.69, 9.17) is 10.5 Å². The van der Waals surface area contributed by atoms with Crippen molar-refractivity contribution >= 4 is 42.3 Å². The molecular formula is C26H34F3N7O3Si. The van der Waals surface area contributed by atoms with Gasteiger partial charge in [0.25, 0.3) is 0 Å². The van der Waals surface area contributed by atoms with Crippen LogP contribution in [0.2, 0.25) is 25.7 Å². The number of ether oxygens (including phenoxy) is 1. The Balaban J connectivity index is 1.56. The molecular weight excluding hydrogens is 543 g/mol. The van der Waals surface area contributed by atoms with Gasteiger partial charge in [-0.3, -0.25) is 14.6 Å². The van der Waals surface area contributed by atoms with E-state index in [1.54, 1.807) is 0 Å². The minimum atomic E-state index is -4.58. The summed E-state index contributed by atoms with van der Waals surface area (Å²) in [5.41, 5.74) is 6.02. The molecule has 1 fully saturated rings. The predicted molar refractivity (Wildman–Crippen MR) is 147 cm³/mol. The van der Waals surface area contributed by atoms with Crippen molar-refractivity contribution in [2.45, 2.75) is 64.4 Å². The fourth-order valence-electron chi connectivity index (χ4n) is 4.67. The number of amides is 2. The van der Waals surface area contributed by atoms with E-state index in [0.717, 1.165) is 18.3 Å². The Morgan fingerprint density at radius 2 is 1.93 bits per heavy atom. The molecule has 14 heteroatoms. The highest BCUT2D eigenvalue weighted by Crippen LogP contribution is 2.36. The van der Waals surface area contributed by atoms with Crippen molar-refractivity contribution in [3.05, 3.63) is 42.0 Å². The highest BCUT2D eigenvalue weighted by molar-refractivity contribution is 6.76. The number of likely N-dealkylation sites (tertiary alicyclic amines) is 1. The molecule has 3 aromatic heterocycles. The number of nitrogen functional groups attached to an aromatic ring is 1. The number of nitrogens with two attached hydrogens (primary N) is 1. The number of carbonyl (C=O) groups excluding carboxylic acids is 2. The fourth-order valence-corrected chi connectivity index (χ4v) is 5.42. The van der Waals surface area contributed by atoms with Gasteiger partial charge in [-0.15, -0.1) is 0 Å². The number of rotatable bonds is 7. The van der Waals surface area contributed by atoms with Gasteiger partial charge in [0.05, 0.1) is 40.6 Å². The number of halogens is 3. The Hall–Kier alpha value is -3.52. The maximum atomic E-state index is 13.4. The molecule has 0 aliphatic carbocycles. The Kier molecular flexibility index (Phi) is 8.49. The second kappa shape index (κ2) is 11.5. The van der Waals surface area contributed by atoms with E-state index in [1.165, 1.54) is 28.2 Å². The van der Waals surface area contributed by atoms with Gasteiger partial charge in [0.15, 0.2) is 0 Å². The van der Waals surface area contributed by atoms with Crippen LogP contribution in [0.25, 0.3) is 10.9 Å². The fraction of sp³-hybridized carbons (Fsp3) is 0.500. The lowest BCUT2D eigenvalue weighted by Crippen LogP contribution is -2.46. The number of piperidine rings is 1. The normalized spacial score (nSPS) is 18.2. The summed E-state index contributed by atoms with van der Waals surface area (Å²) >= 11 is 0. The van der Waals surface area contributed by atoms with Crippen molar-refractivity contribution in [1.29, 1.82) is 0 Å². The van der Waals surface area contributed by atoms with Crippen molar-refractivity contribution in [3.63, 3.8) is 0 Å². The largest absolute Gasteiger partial charge is 0.417 e. The molecule has 1 aliphatic rings. The zero-order valence-electron chi connectivity index (χ0n) is 23.0. The number of nitrogens with zero attached hydrogens (tertiary/aromatic N) is 5. The van der Waals surface area contributed by atoms with E-state index in [-0.39, 0.29) is 36.3 Å². The third kappa shape index (κ3) is 6.78. The molecule has 2 amide bonds. The second-order valence-corrected chi connectivity index (χ2v) is 17.0. The molecule has 3 N–H and O–H groups in total. The lowest BCUT2D eigenvalue weighted by molar-refractivity contribution is -0.146. The van der Waals surface area contributed by atoms with Gasteiger partial charge in [-0.05, 0) is 36.4 Å². The van der Waals surface area contributed by atoms with Gasteiger partial charge in [-0.1, -0.05) is 26.6 Å². The van der Waals surface area contributed by atoms with E-state index in [1.807, 2.05) is 6.92 Å². The highest BCUT2D eigenvalue weighted by atomic mass is 28.3. The maximum absolute atomic E-state index is 13.4. The van der Waals surface area contributed by atoms with Crippen molar-refractivity contribution in [1.82, 2.24) is 24.6 Å². The minimum Gasteiger partial charge on any atom is -0.383 e. The molecule has 10 nitrogen and oxygen atoms in total. The zero-order chi connectivity index (χ0) is 29.2. The molecule has 4 heterocycles. The topological polar surface area (TPSA) is 128 Å². The first kappa shape index (κ1) is 29.5. The molecule has 2 unspecified atom stereocenters. The molecule has 1 saturated heterocycles. The summed E-state index contributed by atoms with van der Waals surface area (Å²) in [5, 5.41) is 7.42. The molecule has 3 aromatic rings. The van der Waals surface area contributed by atoms with Crippen molar-refractivity contribution in [3.8, 4) is 0 Å². The van der Waals surface area contributed by atoms with Gasteiger partial charge in [0.1, 0.15) is 12.5 Å². The molecule has 0 radical (unpaired) electrons. The smallest absolute Gasteiger partial charge is 0.383 e. The molecule has 1 aliphatic heterocycles. The van der Waals surface area contributed by atoms with Crippen LogP contribution in [0, 0.1) is 5.92 Å². The molecule has 216 valence electrons. The monoisotopic (exact) mass is 577 g/mol. The molecule has 4 rings (SSSR count). The number of hydrogen-bond acceptors (Lipinski definition) is 7. The molecule has 2 atom stereocenters. The van der Waals surface area contributed by atoms with E-state index < -0.39 is 37.7 Å². The van der Waals surface area contributed by atoms with Gasteiger partial charge in [0, 0.05) is 33.6 Å². The minimum absolute atomic E-state index is 0.0615. The van der Waals surface area contributed by atoms with Gasteiger partial charge >= 0.3 is 18.0 Å². The van der Waals surface area contributed by atoms with Gasteiger partial charge < -0.3 is 20.7 Å². The first-order chi connectivity index (χ1) is 18.7. The Labute approximate surface area is 231 Å². The Morgan fingerprint density at radius 1 is 1.18 bits per heavy atom. The predicted octanol–water partition coefficient (Wildman–Crippen LogP) is 4.68. The number of pyridine rings is 2. The van der Waals surface area contributed by atoms with E-state index >= 15 is 0 Å². The Morgan fingerprint density at radius 3 is 2.62 bits per heavy atom. The quantitative estimate of drug-likeness (QED) is 0.237. The summed E-state index contributed by atoms with van der Waals surface area (Å²) in [6, 6.07) is 1.23. The van der Waals surface area contributed by atoms with Gasteiger partial charge in [-0.25, -0.2) is 9.67 Å². The summed E-state index contributed by atoms with van der Waals surface area (Å²) in [7, 11) is -1.30. The van der Waals surface area contributed by atoms with Crippen LogP contribution >= 0.6 is 0 Å². The van der Waals surface area contributed by atoms with Crippen molar-refractivity contribution in [2.24, 2.45) is 5.92 Å². The van der Waals surface area contributed by atoms with Crippen LogP contribution in [-0.2, 0) is 27.2 Å². The molecule has 40 heavy (non-hydrogen) atoms. The van der Waals surface area contributed by atoms with Gasteiger partial charge in [0.2, 0.25) is 0 Å². The van der Waals surface area contributed by atoms with Crippen LogP contribution in [0.5, 0.6) is 0 Å².